The second-order valence-corrected chi connectivity index (χ2v) is 6.29. The molecule has 3 heterocycles. The number of anilines is 1. The second kappa shape index (κ2) is 6.72. The number of nitrogens with zero attached hydrogens (tertiary/aromatic N) is 5. The zero-order valence-electron chi connectivity index (χ0n) is 14.8. The summed E-state index contributed by atoms with van der Waals surface area (Å²) in [6.07, 6.45) is 1.75. The van der Waals surface area contributed by atoms with Crippen LogP contribution in [0.3, 0.4) is 0 Å². The number of aryl methyl sites for hydroxylation is 2. The van der Waals surface area contributed by atoms with Crippen molar-refractivity contribution in [1.29, 1.82) is 0 Å². The van der Waals surface area contributed by atoms with E-state index >= 15 is 0 Å². The van der Waals surface area contributed by atoms with Gasteiger partial charge in [0.15, 0.2) is 11.2 Å². The molecule has 1 aromatic carbocycles. The lowest BCUT2D eigenvalue weighted by Gasteiger charge is -2.26. The first kappa shape index (κ1) is 16.5. The molecule has 8 heteroatoms. The Hall–Kier alpha value is -3.00. The van der Waals surface area contributed by atoms with Crippen LogP contribution >= 0.6 is 0 Å². The van der Waals surface area contributed by atoms with Gasteiger partial charge in [-0.1, -0.05) is 29.8 Å². The third-order valence-electron chi connectivity index (χ3n) is 4.32. The van der Waals surface area contributed by atoms with Gasteiger partial charge in [0, 0.05) is 13.1 Å². The highest BCUT2D eigenvalue weighted by atomic mass is 16.5. The van der Waals surface area contributed by atoms with Crippen molar-refractivity contribution in [3.63, 3.8) is 0 Å². The largest absolute Gasteiger partial charge is 0.378 e. The number of ether oxygens (including phenoxy) is 1. The van der Waals surface area contributed by atoms with Crippen LogP contribution in [0.1, 0.15) is 17.0 Å². The molecule has 0 unspecified atom stereocenters. The van der Waals surface area contributed by atoms with Gasteiger partial charge in [0.2, 0.25) is 5.95 Å². The molecule has 0 atom stereocenters. The van der Waals surface area contributed by atoms with Crippen molar-refractivity contribution in [3.05, 3.63) is 51.6 Å². The van der Waals surface area contributed by atoms with Crippen LogP contribution in [0.4, 0.5) is 5.95 Å². The summed E-state index contributed by atoms with van der Waals surface area (Å²) < 4.78 is 6.97. The third-order valence-corrected chi connectivity index (χ3v) is 4.32. The minimum absolute atomic E-state index is 0.260. The number of nitrogens with one attached hydrogen (secondary N) is 1. The van der Waals surface area contributed by atoms with Crippen LogP contribution in [0.2, 0.25) is 0 Å². The summed E-state index contributed by atoms with van der Waals surface area (Å²) in [5.41, 5.74) is 2.62. The quantitative estimate of drug-likeness (QED) is 0.721. The molecular formula is C18H20N6O2. The fourth-order valence-corrected chi connectivity index (χ4v) is 2.99. The van der Waals surface area contributed by atoms with Gasteiger partial charge in [0.25, 0.3) is 5.56 Å². The highest BCUT2D eigenvalue weighted by molar-refractivity contribution is 5.81. The van der Waals surface area contributed by atoms with E-state index in [1.807, 2.05) is 43.0 Å². The van der Waals surface area contributed by atoms with Crippen molar-refractivity contribution in [2.24, 2.45) is 5.10 Å². The van der Waals surface area contributed by atoms with Crippen LogP contribution in [0, 0.1) is 13.8 Å². The molecule has 0 saturated carbocycles. The van der Waals surface area contributed by atoms with E-state index in [0.29, 0.717) is 49.2 Å². The van der Waals surface area contributed by atoms with E-state index in [9.17, 15) is 4.79 Å². The number of aromatic amines is 1. The Morgan fingerprint density at radius 1 is 1.23 bits per heavy atom. The van der Waals surface area contributed by atoms with E-state index in [2.05, 4.69) is 20.1 Å². The van der Waals surface area contributed by atoms with Gasteiger partial charge in [-0.05, 0) is 19.4 Å². The predicted octanol–water partition coefficient (Wildman–Crippen LogP) is 1.46. The zero-order chi connectivity index (χ0) is 18.1. The lowest BCUT2D eigenvalue weighted by molar-refractivity contribution is 0.122. The van der Waals surface area contributed by atoms with Gasteiger partial charge in [-0.25, -0.2) is 4.98 Å². The van der Waals surface area contributed by atoms with E-state index in [4.69, 9.17) is 4.74 Å². The van der Waals surface area contributed by atoms with Gasteiger partial charge in [-0.3, -0.25) is 9.78 Å². The van der Waals surface area contributed by atoms with E-state index in [1.54, 1.807) is 10.9 Å². The average molecular weight is 352 g/mol. The zero-order valence-corrected chi connectivity index (χ0v) is 14.8. The first-order valence-corrected chi connectivity index (χ1v) is 8.55. The summed E-state index contributed by atoms with van der Waals surface area (Å²) in [5, 5.41) is 4.50. The van der Waals surface area contributed by atoms with Crippen LogP contribution in [0.25, 0.3) is 11.2 Å². The summed E-state index contributed by atoms with van der Waals surface area (Å²) >= 11 is 0. The molecule has 2 aromatic heterocycles. The topological polar surface area (TPSA) is 88.4 Å². The number of fused-ring (bicyclic) bond motifs is 1. The van der Waals surface area contributed by atoms with Crippen LogP contribution < -0.4 is 10.5 Å². The van der Waals surface area contributed by atoms with Crippen molar-refractivity contribution in [2.75, 3.05) is 31.2 Å². The molecule has 0 aliphatic carbocycles. The standard InChI is InChI=1S/C18H20N6O2/c1-12-4-3-5-14(10-12)11-19-24-13(2)20-15-16(24)21-18(22-17(15)25)23-6-8-26-9-7-23/h3-5,10-11H,6-9H2,1-2H3,(H,21,22,25)/b19-11+. The Bertz CT molecular complexity index is 1030. The molecule has 0 spiro atoms. The van der Waals surface area contributed by atoms with E-state index in [0.717, 1.165) is 11.1 Å². The van der Waals surface area contributed by atoms with Crippen molar-refractivity contribution < 1.29 is 4.74 Å². The van der Waals surface area contributed by atoms with Gasteiger partial charge >= 0.3 is 0 Å². The maximum atomic E-state index is 12.4. The number of benzene rings is 1. The minimum Gasteiger partial charge on any atom is -0.378 e. The number of H-pyrrole nitrogens is 1. The molecule has 134 valence electrons. The molecule has 8 nitrogen and oxygen atoms in total. The third kappa shape index (κ3) is 3.11. The predicted molar refractivity (Wildman–Crippen MR) is 100 cm³/mol. The van der Waals surface area contributed by atoms with Gasteiger partial charge in [-0.15, -0.1) is 0 Å². The maximum Gasteiger partial charge on any atom is 0.280 e. The Morgan fingerprint density at radius 3 is 2.81 bits per heavy atom. The van der Waals surface area contributed by atoms with Crippen molar-refractivity contribution in [1.82, 2.24) is 19.6 Å². The molecule has 0 radical (unpaired) electrons. The van der Waals surface area contributed by atoms with Crippen LogP contribution in [-0.4, -0.2) is 52.1 Å². The van der Waals surface area contributed by atoms with Gasteiger partial charge in [0.1, 0.15) is 5.82 Å². The molecule has 1 saturated heterocycles. The lowest BCUT2D eigenvalue weighted by atomic mass is 10.2. The van der Waals surface area contributed by atoms with E-state index < -0.39 is 0 Å². The molecular weight excluding hydrogens is 332 g/mol. The van der Waals surface area contributed by atoms with Crippen molar-refractivity contribution >= 4 is 23.3 Å². The number of imidazole rings is 1. The lowest BCUT2D eigenvalue weighted by Crippen LogP contribution is -2.38. The molecule has 1 aliphatic heterocycles. The smallest absolute Gasteiger partial charge is 0.280 e. The molecule has 1 N–H and O–H groups in total. The Morgan fingerprint density at radius 2 is 2.04 bits per heavy atom. The monoisotopic (exact) mass is 352 g/mol. The highest BCUT2D eigenvalue weighted by Gasteiger charge is 2.18. The molecule has 26 heavy (non-hydrogen) atoms. The molecule has 3 aromatic rings. The molecule has 0 bridgehead atoms. The SMILES string of the molecule is Cc1cccc(/C=N/n2c(C)nc3c(=O)[nH]c(N4CCOCC4)nc32)c1. The number of aromatic nitrogens is 4. The van der Waals surface area contributed by atoms with Crippen LogP contribution in [0.5, 0.6) is 0 Å². The van der Waals surface area contributed by atoms with E-state index in [1.165, 1.54) is 0 Å². The van der Waals surface area contributed by atoms with Crippen LogP contribution in [-0.2, 0) is 4.74 Å². The Balaban J connectivity index is 1.77. The second-order valence-electron chi connectivity index (χ2n) is 6.29. The Labute approximate surface area is 150 Å². The molecule has 1 aliphatic rings. The number of rotatable bonds is 3. The maximum absolute atomic E-state index is 12.4. The summed E-state index contributed by atoms with van der Waals surface area (Å²) in [6.45, 7) is 6.45. The fourth-order valence-electron chi connectivity index (χ4n) is 2.99. The summed E-state index contributed by atoms with van der Waals surface area (Å²) in [7, 11) is 0. The first-order chi connectivity index (χ1) is 12.6. The molecule has 4 rings (SSSR count). The number of hydrogen-bond donors (Lipinski definition) is 1. The first-order valence-electron chi connectivity index (χ1n) is 8.55. The minimum atomic E-state index is -0.260. The fraction of sp³-hybridized carbons (Fsp3) is 0.333. The number of hydrogen-bond acceptors (Lipinski definition) is 6. The van der Waals surface area contributed by atoms with Gasteiger partial charge in [0.05, 0.1) is 19.4 Å². The van der Waals surface area contributed by atoms with Crippen molar-refractivity contribution in [2.45, 2.75) is 13.8 Å². The van der Waals surface area contributed by atoms with E-state index in [-0.39, 0.29) is 5.56 Å². The van der Waals surface area contributed by atoms with Crippen LogP contribution in [0.15, 0.2) is 34.2 Å². The normalized spacial score (nSPS) is 15.2. The molecule has 1 fully saturated rings. The average Bonchev–Trinajstić information content (AvgIpc) is 2.97. The Kier molecular flexibility index (Phi) is 4.26. The van der Waals surface area contributed by atoms with Gasteiger partial charge in [-0.2, -0.15) is 14.8 Å². The summed E-state index contributed by atoms with van der Waals surface area (Å²) in [6, 6.07) is 8.03. The molecule has 0 amide bonds. The summed E-state index contributed by atoms with van der Waals surface area (Å²) in [5.74, 6) is 1.14. The number of morpholine rings is 1. The van der Waals surface area contributed by atoms with Gasteiger partial charge < -0.3 is 9.64 Å². The van der Waals surface area contributed by atoms with Crippen molar-refractivity contribution in [3.8, 4) is 0 Å². The summed E-state index contributed by atoms with van der Waals surface area (Å²) in [4.78, 5) is 26.2. The highest BCUT2D eigenvalue weighted by Crippen LogP contribution is 2.15.